The van der Waals surface area contributed by atoms with Crippen molar-refractivity contribution < 1.29 is 0 Å². The number of para-hydroxylation sites is 1. The molecule has 1 aliphatic carbocycles. The molecule has 0 heterocycles. The molecule has 0 saturated heterocycles. The van der Waals surface area contributed by atoms with E-state index in [4.69, 9.17) is 0 Å². The standard InChI is InChI=1S/C17H26N2/c1-4-13-19(14-11-12-14)17-10-8-7-9-15(17)16(5-2)18-6-3/h4,7-10,14,16,18H,1,5-6,11-13H2,2-3H3. The number of benzene rings is 1. The largest absolute Gasteiger partial charge is 0.365 e. The highest BCUT2D eigenvalue weighted by atomic mass is 15.2. The van der Waals surface area contributed by atoms with Crippen LogP contribution < -0.4 is 10.2 Å². The van der Waals surface area contributed by atoms with E-state index < -0.39 is 0 Å². The van der Waals surface area contributed by atoms with E-state index in [2.05, 4.69) is 54.9 Å². The van der Waals surface area contributed by atoms with E-state index >= 15 is 0 Å². The van der Waals surface area contributed by atoms with E-state index in [9.17, 15) is 0 Å². The zero-order valence-electron chi connectivity index (χ0n) is 12.2. The van der Waals surface area contributed by atoms with Crippen LogP contribution in [-0.2, 0) is 0 Å². The Morgan fingerprint density at radius 2 is 2.11 bits per heavy atom. The molecule has 1 N–H and O–H groups in total. The average molecular weight is 258 g/mol. The average Bonchev–Trinajstić information content (AvgIpc) is 3.27. The Bertz CT molecular complexity index is 409. The fourth-order valence-electron chi connectivity index (χ4n) is 2.73. The first kappa shape index (κ1) is 14.1. The fourth-order valence-corrected chi connectivity index (χ4v) is 2.73. The predicted octanol–water partition coefficient (Wildman–Crippen LogP) is 3.90. The molecule has 1 unspecified atom stereocenters. The van der Waals surface area contributed by atoms with Crippen LogP contribution in [0.25, 0.3) is 0 Å². The highest BCUT2D eigenvalue weighted by molar-refractivity contribution is 5.57. The van der Waals surface area contributed by atoms with Crippen molar-refractivity contribution in [3.8, 4) is 0 Å². The molecule has 0 radical (unpaired) electrons. The lowest BCUT2D eigenvalue weighted by atomic mass is 10.0. The van der Waals surface area contributed by atoms with Gasteiger partial charge in [0.2, 0.25) is 0 Å². The highest BCUT2D eigenvalue weighted by Gasteiger charge is 2.30. The smallest absolute Gasteiger partial charge is 0.0420 e. The molecule has 0 aromatic heterocycles. The van der Waals surface area contributed by atoms with E-state index in [0.717, 1.165) is 25.6 Å². The van der Waals surface area contributed by atoms with Crippen molar-refractivity contribution in [3.63, 3.8) is 0 Å². The Balaban J connectivity index is 2.29. The second kappa shape index (κ2) is 6.76. The lowest BCUT2D eigenvalue weighted by molar-refractivity contribution is 0.536. The van der Waals surface area contributed by atoms with Crippen molar-refractivity contribution in [2.24, 2.45) is 0 Å². The van der Waals surface area contributed by atoms with Crippen LogP contribution in [0.15, 0.2) is 36.9 Å². The van der Waals surface area contributed by atoms with Gasteiger partial charge in [-0.25, -0.2) is 0 Å². The molecule has 1 aromatic rings. The molecule has 1 atom stereocenters. The van der Waals surface area contributed by atoms with E-state index in [0.29, 0.717) is 6.04 Å². The van der Waals surface area contributed by atoms with Gasteiger partial charge in [-0.05, 0) is 37.4 Å². The SMILES string of the molecule is C=CCN(c1ccccc1C(CC)NCC)C1CC1. The van der Waals surface area contributed by atoms with Gasteiger partial charge in [-0.15, -0.1) is 6.58 Å². The molecule has 1 saturated carbocycles. The summed E-state index contributed by atoms with van der Waals surface area (Å²) >= 11 is 0. The van der Waals surface area contributed by atoms with Crippen molar-refractivity contribution in [1.82, 2.24) is 5.32 Å². The number of anilines is 1. The maximum absolute atomic E-state index is 3.91. The third-order valence-electron chi connectivity index (χ3n) is 3.79. The second-order valence-electron chi connectivity index (χ2n) is 5.25. The summed E-state index contributed by atoms with van der Waals surface area (Å²) in [5, 5.41) is 3.59. The lowest BCUT2D eigenvalue weighted by Gasteiger charge is -2.29. The van der Waals surface area contributed by atoms with Crippen LogP contribution in [0.1, 0.15) is 44.7 Å². The molecule has 1 fully saturated rings. The molecule has 104 valence electrons. The van der Waals surface area contributed by atoms with Crippen molar-refractivity contribution in [1.29, 1.82) is 0 Å². The molecule has 1 aromatic carbocycles. The summed E-state index contributed by atoms with van der Waals surface area (Å²) < 4.78 is 0. The summed E-state index contributed by atoms with van der Waals surface area (Å²) in [5.41, 5.74) is 2.82. The van der Waals surface area contributed by atoms with Gasteiger partial charge in [0.25, 0.3) is 0 Å². The second-order valence-corrected chi connectivity index (χ2v) is 5.25. The first-order valence-corrected chi connectivity index (χ1v) is 7.51. The van der Waals surface area contributed by atoms with Crippen molar-refractivity contribution in [2.75, 3.05) is 18.0 Å². The molecule has 2 heteroatoms. The van der Waals surface area contributed by atoms with Crippen LogP contribution in [0.4, 0.5) is 5.69 Å². The summed E-state index contributed by atoms with van der Waals surface area (Å²) in [6.07, 6.45) is 5.78. The number of nitrogens with one attached hydrogen (secondary N) is 1. The van der Waals surface area contributed by atoms with Gasteiger partial charge in [0.05, 0.1) is 0 Å². The van der Waals surface area contributed by atoms with Gasteiger partial charge in [0.15, 0.2) is 0 Å². The zero-order chi connectivity index (χ0) is 13.7. The Kier molecular flexibility index (Phi) is 5.03. The maximum Gasteiger partial charge on any atom is 0.0420 e. The van der Waals surface area contributed by atoms with Gasteiger partial charge >= 0.3 is 0 Å². The fraction of sp³-hybridized carbons (Fsp3) is 0.529. The van der Waals surface area contributed by atoms with Crippen LogP contribution >= 0.6 is 0 Å². The summed E-state index contributed by atoms with van der Waals surface area (Å²) in [6, 6.07) is 10.0. The third-order valence-corrected chi connectivity index (χ3v) is 3.79. The minimum atomic E-state index is 0.451. The first-order chi connectivity index (χ1) is 9.31. The van der Waals surface area contributed by atoms with Crippen LogP contribution in [0.5, 0.6) is 0 Å². The zero-order valence-corrected chi connectivity index (χ0v) is 12.2. The monoisotopic (exact) mass is 258 g/mol. The molecule has 0 amide bonds. The van der Waals surface area contributed by atoms with E-state index in [-0.39, 0.29) is 0 Å². The molecular formula is C17H26N2. The Morgan fingerprint density at radius 3 is 2.68 bits per heavy atom. The normalized spacial score (nSPS) is 16.1. The highest BCUT2D eigenvalue weighted by Crippen LogP contribution is 2.36. The Morgan fingerprint density at radius 1 is 1.37 bits per heavy atom. The Labute approximate surface area is 117 Å². The van der Waals surface area contributed by atoms with Crippen LogP contribution in [0, 0.1) is 0 Å². The maximum atomic E-state index is 3.91. The number of hydrogen-bond acceptors (Lipinski definition) is 2. The molecule has 2 nitrogen and oxygen atoms in total. The van der Waals surface area contributed by atoms with E-state index in [1.165, 1.54) is 24.1 Å². The minimum absolute atomic E-state index is 0.451. The first-order valence-electron chi connectivity index (χ1n) is 7.51. The van der Waals surface area contributed by atoms with Crippen molar-refractivity contribution in [2.45, 2.75) is 45.2 Å². The molecule has 2 rings (SSSR count). The molecule has 0 aliphatic heterocycles. The third kappa shape index (κ3) is 3.38. The number of nitrogens with zero attached hydrogens (tertiary/aromatic N) is 1. The predicted molar refractivity (Wildman–Crippen MR) is 83.7 cm³/mol. The topological polar surface area (TPSA) is 15.3 Å². The van der Waals surface area contributed by atoms with Gasteiger partial charge in [-0.3, -0.25) is 0 Å². The van der Waals surface area contributed by atoms with Crippen LogP contribution in [-0.4, -0.2) is 19.1 Å². The Hall–Kier alpha value is -1.28. The van der Waals surface area contributed by atoms with Crippen LogP contribution in [0.2, 0.25) is 0 Å². The van der Waals surface area contributed by atoms with Gasteiger partial charge in [-0.2, -0.15) is 0 Å². The molecule has 0 spiro atoms. The summed E-state index contributed by atoms with van der Waals surface area (Å²) in [4.78, 5) is 2.52. The molecule has 0 bridgehead atoms. The summed E-state index contributed by atoms with van der Waals surface area (Å²) in [7, 11) is 0. The minimum Gasteiger partial charge on any atom is -0.365 e. The molecule has 1 aliphatic rings. The van der Waals surface area contributed by atoms with Gasteiger partial charge in [0.1, 0.15) is 0 Å². The summed E-state index contributed by atoms with van der Waals surface area (Å²) in [6.45, 7) is 10.3. The number of hydrogen-bond donors (Lipinski definition) is 1. The van der Waals surface area contributed by atoms with E-state index in [1.807, 2.05) is 6.08 Å². The quantitative estimate of drug-likeness (QED) is 0.711. The lowest BCUT2D eigenvalue weighted by Crippen LogP contribution is -2.29. The molecular weight excluding hydrogens is 232 g/mol. The number of rotatable bonds is 8. The van der Waals surface area contributed by atoms with Gasteiger partial charge in [-0.1, -0.05) is 38.1 Å². The van der Waals surface area contributed by atoms with Crippen molar-refractivity contribution >= 4 is 5.69 Å². The summed E-state index contributed by atoms with van der Waals surface area (Å²) in [5.74, 6) is 0. The van der Waals surface area contributed by atoms with Crippen molar-refractivity contribution in [3.05, 3.63) is 42.5 Å². The van der Waals surface area contributed by atoms with E-state index in [1.54, 1.807) is 0 Å². The van der Waals surface area contributed by atoms with Crippen LogP contribution in [0.3, 0.4) is 0 Å². The van der Waals surface area contributed by atoms with Gasteiger partial charge in [0, 0.05) is 24.3 Å². The van der Waals surface area contributed by atoms with Gasteiger partial charge < -0.3 is 10.2 Å². The molecule has 19 heavy (non-hydrogen) atoms.